The number of unbranched alkanes of at least 4 members (excludes halogenated alkanes) is 1. The van der Waals surface area contributed by atoms with Gasteiger partial charge in [-0.25, -0.2) is 0 Å². The average molecular weight is 241 g/mol. The molecule has 0 radical (unpaired) electrons. The zero-order chi connectivity index (χ0) is 12.5. The molecule has 0 spiro atoms. The molecule has 1 fully saturated rings. The van der Waals surface area contributed by atoms with Crippen molar-refractivity contribution in [3.63, 3.8) is 0 Å². The summed E-state index contributed by atoms with van der Waals surface area (Å²) < 4.78 is 0. The minimum Gasteiger partial charge on any atom is -0.396 e. The number of carbonyl (C=O) groups is 1. The van der Waals surface area contributed by atoms with Crippen LogP contribution in [0.15, 0.2) is 0 Å². The van der Waals surface area contributed by atoms with Crippen LogP contribution in [0.3, 0.4) is 0 Å². The van der Waals surface area contributed by atoms with E-state index in [4.69, 9.17) is 5.11 Å². The van der Waals surface area contributed by atoms with Crippen LogP contribution in [0.2, 0.25) is 0 Å². The summed E-state index contributed by atoms with van der Waals surface area (Å²) >= 11 is 0. The number of aliphatic hydroxyl groups excluding tert-OH is 1. The number of rotatable bonds is 7. The van der Waals surface area contributed by atoms with Gasteiger partial charge >= 0.3 is 0 Å². The van der Waals surface area contributed by atoms with Crippen LogP contribution in [0, 0.1) is 5.92 Å². The molecular weight excluding hydrogens is 214 g/mol. The third kappa shape index (κ3) is 5.53. The van der Waals surface area contributed by atoms with Gasteiger partial charge in [0.05, 0.1) is 0 Å². The standard InChI is InChI=1S/C14H27NO2/c1-2-3-9-14(17)15-13(10-11-16)12-7-5-4-6-8-12/h12-13,16H,2-11H2,1H3,(H,15,17). The number of hydrogen-bond acceptors (Lipinski definition) is 2. The molecule has 0 heterocycles. The van der Waals surface area contributed by atoms with E-state index in [1.165, 1.54) is 32.1 Å². The zero-order valence-electron chi connectivity index (χ0n) is 11.1. The number of aliphatic hydroxyl groups is 1. The van der Waals surface area contributed by atoms with Crippen LogP contribution in [0.5, 0.6) is 0 Å². The fourth-order valence-corrected chi connectivity index (χ4v) is 2.72. The van der Waals surface area contributed by atoms with Crippen LogP contribution in [0.25, 0.3) is 0 Å². The van der Waals surface area contributed by atoms with Gasteiger partial charge in [-0.3, -0.25) is 4.79 Å². The molecule has 1 aliphatic rings. The molecule has 0 aromatic carbocycles. The van der Waals surface area contributed by atoms with Crippen molar-refractivity contribution in [1.82, 2.24) is 5.32 Å². The normalized spacial score (nSPS) is 18.9. The van der Waals surface area contributed by atoms with Gasteiger partial charge in [0.15, 0.2) is 0 Å². The van der Waals surface area contributed by atoms with Crippen molar-refractivity contribution in [2.45, 2.75) is 70.8 Å². The van der Waals surface area contributed by atoms with E-state index in [1.807, 2.05) is 0 Å². The van der Waals surface area contributed by atoms with Gasteiger partial charge in [-0.15, -0.1) is 0 Å². The van der Waals surface area contributed by atoms with Crippen molar-refractivity contribution in [1.29, 1.82) is 0 Å². The van der Waals surface area contributed by atoms with Gasteiger partial charge in [-0.1, -0.05) is 32.6 Å². The third-order valence-corrected chi connectivity index (χ3v) is 3.76. The first-order chi connectivity index (χ1) is 8.27. The quantitative estimate of drug-likeness (QED) is 0.720. The molecule has 0 aromatic rings. The van der Waals surface area contributed by atoms with Crippen LogP contribution >= 0.6 is 0 Å². The van der Waals surface area contributed by atoms with Crippen LogP contribution in [0.1, 0.15) is 64.7 Å². The summed E-state index contributed by atoms with van der Waals surface area (Å²) in [6, 6.07) is 0.199. The Bertz CT molecular complexity index is 212. The molecule has 100 valence electrons. The highest BCUT2D eigenvalue weighted by atomic mass is 16.3. The molecule has 3 nitrogen and oxygen atoms in total. The first-order valence-electron chi connectivity index (χ1n) is 7.18. The number of nitrogens with one attached hydrogen (secondary N) is 1. The van der Waals surface area contributed by atoms with E-state index < -0.39 is 0 Å². The fraction of sp³-hybridized carbons (Fsp3) is 0.929. The fourth-order valence-electron chi connectivity index (χ4n) is 2.72. The molecule has 1 rings (SSSR count). The van der Waals surface area contributed by atoms with Crippen LogP contribution in [-0.2, 0) is 4.79 Å². The maximum Gasteiger partial charge on any atom is 0.220 e. The predicted octanol–water partition coefficient (Wildman–Crippen LogP) is 2.62. The van der Waals surface area contributed by atoms with Gasteiger partial charge in [0.1, 0.15) is 0 Å². The van der Waals surface area contributed by atoms with E-state index in [0.29, 0.717) is 18.8 Å². The molecule has 0 aliphatic heterocycles. The van der Waals surface area contributed by atoms with Crippen molar-refractivity contribution in [2.75, 3.05) is 6.61 Å². The summed E-state index contributed by atoms with van der Waals surface area (Å²) in [6.45, 7) is 2.27. The van der Waals surface area contributed by atoms with Gasteiger partial charge in [0, 0.05) is 19.1 Å². The Hall–Kier alpha value is -0.570. The summed E-state index contributed by atoms with van der Waals surface area (Å²) in [4.78, 5) is 11.7. The molecular formula is C14H27NO2. The summed E-state index contributed by atoms with van der Waals surface area (Å²) in [5.74, 6) is 0.748. The minimum absolute atomic E-state index is 0.163. The molecule has 1 unspecified atom stereocenters. The average Bonchev–Trinajstić information content (AvgIpc) is 2.37. The van der Waals surface area contributed by atoms with Gasteiger partial charge in [-0.05, 0) is 31.6 Å². The molecule has 2 N–H and O–H groups in total. The molecule has 1 saturated carbocycles. The van der Waals surface area contributed by atoms with Gasteiger partial charge in [0.25, 0.3) is 0 Å². The summed E-state index contributed by atoms with van der Waals surface area (Å²) in [7, 11) is 0. The Kier molecular flexibility index (Phi) is 7.25. The SMILES string of the molecule is CCCCC(=O)NC(CCO)C1CCCCC1. The van der Waals surface area contributed by atoms with E-state index >= 15 is 0 Å². The zero-order valence-corrected chi connectivity index (χ0v) is 11.1. The van der Waals surface area contributed by atoms with Crippen LogP contribution in [-0.4, -0.2) is 23.7 Å². The highest BCUT2D eigenvalue weighted by molar-refractivity contribution is 5.76. The smallest absolute Gasteiger partial charge is 0.220 e. The molecule has 1 amide bonds. The predicted molar refractivity (Wildman–Crippen MR) is 69.7 cm³/mol. The van der Waals surface area contributed by atoms with Crippen molar-refractivity contribution >= 4 is 5.91 Å². The summed E-state index contributed by atoms with van der Waals surface area (Å²) in [6.07, 6.45) is 9.65. The second-order valence-corrected chi connectivity index (χ2v) is 5.19. The monoisotopic (exact) mass is 241 g/mol. The summed E-state index contributed by atoms with van der Waals surface area (Å²) in [5, 5.41) is 12.2. The van der Waals surface area contributed by atoms with Gasteiger partial charge < -0.3 is 10.4 Å². The molecule has 17 heavy (non-hydrogen) atoms. The lowest BCUT2D eigenvalue weighted by atomic mass is 9.82. The Balaban J connectivity index is 2.38. The Morgan fingerprint density at radius 2 is 2.06 bits per heavy atom. The van der Waals surface area contributed by atoms with E-state index in [-0.39, 0.29) is 18.6 Å². The van der Waals surface area contributed by atoms with Crippen molar-refractivity contribution in [3.8, 4) is 0 Å². The number of hydrogen-bond donors (Lipinski definition) is 2. The van der Waals surface area contributed by atoms with E-state index in [1.54, 1.807) is 0 Å². The molecule has 0 bridgehead atoms. The Labute approximate surface area is 105 Å². The van der Waals surface area contributed by atoms with Crippen molar-refractivity contribution in [2.24, 2.45) is 5.92 Å². The summed E-state index contributed by atoms with van der Waals surface area (Å²) in [5.41, 5.74) is 0. The Morgan fingerprint density at radius 3 is 2.65 bits per heavy atom. The van der Waals surface area contributed by atoms with Crippen molar-refractivity contribution in [3.05, 3.63) is 0 Å². The Morgan fingerprint density at radius 1 is 1.35 bits per heavy atom. The van der Waals surface area contributed by atoms with E-state index in [9.17, 15) is 4.79 Å². The second kappa shape index (κ2) is 8.51. The number of amides is 1. The van der Waals surface area contributed by atoms with Crippen molar-refractivity contribution < 1.29 is 9.90 Å². The maximum absolute atomic E-state index is 11.7. The minimum atomic E-state index is 0.163. The second-order valence-electron chi connectivity index (χ2n) is 5.19. The first kappa shape index (κ1) is 14.5. The largest absolute Gasteiger partial charge is 0.396 e. The molecule has 1 atom stereocenters. The highest BCUT2D eigenvalue weighted by Crippen LogP contribution is 2.27. The van der Waals surface area contributed by atoms with Crippen LogP contribution < -0.4 is 5.32 Å². The molecule has 0 aromatic heterocycles. The van der Waals surface area contributed by atoms with Crippen LogP contribution in [0.4, 0.5) is 0 Å². The molecule has 0 saturated heterocycles. The maximum atomic E-state index is 11.7. The van der Waals surface area contributed by atoms with Gasteiger partial charge in [0.2, 0.25) is 5.91 Å². The lowest BCUT2D eigenvalue weighted by Crippen LogP contribution is -2.41. The highest BCUT2D eigenvalue weighted by Gasteiger charge is 2.24. The molecule has 1 aliphatic carbocycles. The van der Waals surface area contributed by atoms with Gasteiger partial charge in [-0.2, -0.15) is 0 Å². The number of carbonyl (C=O) groups excluding carboxylic acids is 1. The third-order valence-electron chi connectivity index (χ3n) is 3.76. The first-order valence-corrected chi connectivity index (χ1v) is 7.18. The lowest BCUT2D eigenvalue weighted by molar-refractivity contribution is -0.122. The molecule has 3 heteroatoms. The lowest BCUT2D eigenvalue weighted by Gasteiger charge is -2.30. The van der Waals surface area contributed by atoms with E-state index in [0.717, 1.165) is 12.8 Å². The van der Waals surface area contributed by atoms with E-state index in [2.05, 4.69) is 12.2 Å². The topological polar surface area (TPSA) is 49.3 Å².